The Morgan fingerprint density at radius 3 is 2.53 bits per heavy atom. The SMILES string of the molecule is CC(=O)N1CCCCCCCN(Cc2cccc(C)c2)Cc2cc(Nc3ccccn3)ccc21. The van der Waals surface area contributed by atoms with E-state index < -0.39 is 0 Å². The van der Waals surface area contributed by atoms with Crippen molar-refractivity contribution < 1.29 is 4.79 Å². The number of fused-ring (bicyclic) bond motifs is 1. The van der Waals surface area contributed by atoms with Crippen LogP contribution >= 0.6 is 0 Å². The Morgan fingerprint density at radius 1 is 0.941 bits per heavy atom. The highest BCUT2D eigenvalue weighted by molar-refractivity contribution is 5.92. The molecule has 0 saturated heterocycles. The number of pyridine rings is 1. The highest BCUT2D eigenvalue weighted by Gasteiger charge is 2.19. The number of benzene rings is 2. The summed E-state index contributed by atoms with van der Waals surface area (Å²) in [5.74, 6) is 0.921. The number of rotatable bonds is 4. The average Bonchev–Trinajstić information content (AvgIpc) is 2.81. The molecule has 3 aromatic rings. The summed E-state index contributed by atoms with van der Waals surface area (Å²) in [6, 6.07) is 21.0. The van der Waals surface area contributed by atoms with Gasteiger partial charge in [-0.25, -0.2) is 4.98 Å². The van der Waals surface area contributed by atoms with E-state index in [0.29, 0.717) is 0 Å². The van der Waals surface area contributed by atoms with Gasteiger partial charge in [0.05, 0.1) is 0 Å². The van der Waals surface area contributed by atoms with Crippen molar-refractivity contribution in [2.45, 2.75) is 59.0 Å². The molecule has 0 bridgehead atoms. The number of nitrogens with zero attached hydrogens (tertiary/aromatic N) is 3. The molecule has 0 aliphatic carbocycles. The van der Waals surface area contributed by atoms with E-state index in [0.717, 1.165) is 56.2 Å². The Balaban J connectivity index is 1.67. The molecule has 1 N–H and O–H groups in total. The van der Waals surface area contributed by atoms with Crippen molar-refractivity contribution in [2.75, 3.05) is 23.3 Å². The molecule has 0 spiro atoms. The summed E-state index contributed by atoms with van der Waals surface area (Å²) in [6.07, 6.45) is 7.65. The third-order valence-electron chi connectivity index (χ3n) is 6.43. The monoisotopic (exact) mass is 456 g/mol. The summed E-state index contributed by atoms with van der Waals surface area (Å²) >= 11 is 0. The Bertz CT molecular complexity index is 1080. The molecule has 5 nitrogen and oxygen atoms in total. The normalized spacial score (nSPS) is 15.6. The standard InChI is InChI=1S/C29H36N4O/c1-23-11-10-12-25(19-23)21-32-17-8-4-3-5-9-18-33(24(2)34)28-15-14-27(20-26(28)22-32)31-29-13-6-7-16-30-29/h6-7,10-16,19-20H,3-5,8-9,17-18,21-22H2,1-2H3,(H,30,31). The van der Waals surface area contributed by atoms with Crippen LogP contribution in [0.4, 0.5) is 17.2 Å². The highest BCUT2D eigenvalue weighted by Crippen LogP contribution is 2.29. The maximum Gasteiger partial charge on any atom is 0.223 e. The fourth-order valence-corrected chi connectivity index (χ4v) is 4.74. The Hall–Kier alpha value is -3.18. The topological polar surface area (TPSA) is 48.5 Å². The summed E-state index contributed by atoms with van der Waals surface area (Å²) in [5, 5.41) is 3.42. The second-order valence-electron chi connectivity index (χ2n) is 9.32. The zero-order valence-corrected chi connectivity index (χ0v) is 20.5. The molecule has 178 valence electrons. The fourth-order valence-electron chi connectivity index (χ4n) is 4.74. The molecule has 1 aromatic heterocycles. The van der Waals surface area contributed by atoms with Crippen LogP contribution in [-0.4, -0.2) is 28.9 Å². The number of hydrogen-bond acceptors (Lipinski definition) is 4. The maximum atomic E-state index is 12.7. The molecule has 2 aromatic carbocycles. The van der Waals surface area contributed by atoms with Crippen LogP contribution in [0, 0.1) is 6.92 Å². The quantitative estimate of drug-likeness (QED) is 0.490. The first-order chi connectivity index (χ1) is 16.6. The molecule has 0 radical (unpaired) electrons. The van der Waals surface area contributed by atoms with Crippen molar-refractivity contribution in [3.63, 3.8) is 0 Å². The van der Waals surface area contributed by atoms with E-state index >= 15 is 0 Å². The van der Waals surface area contributed by atoms with Crippen LogP contribution in [0.2, 0.25) is 0 Å². The van der Waals surface area contributed by atoms with Crippen LogP contribution in [-0.2, 0) is 17.9 Å². The first-order valence-electron chi connectivity index (χ1n) is 12.5. The molecule has 0 unspecified atom stereocenters. The lowest BCUT2D eigenvalue weighted by atomic mass is 10.1. The van der Waals surface area contributed by atoms with Gasteiger partial charge in [0.2, 0.25) is 5.91 Å². The molecule has 0 atom stereocenters. The van der Waals surface area contributed by atoms with Gasteiger partial charge in [-0.05, 0) is 67.8 Å². The van der Waals surface area contributed by atoms with Gasteiger partial charge in [-0.15, -0.1) is 0 Å². The van der Waals surface area contributed by atoms with Crippen LogP contribution < -0.4 is 10.2 Å². The third-order valence-corrected chi connectivity index (χ3v) is 6.43. The van der Waals surface area contributed by atoms with E-state index in [2.05, 4.69) is 64.6 Å². The van der Waals surface area contributed by atoms with Crippen LogP contribution in [0.5, 0.6) is 0 Å². The van der Waals surface area contributed by atoms with E-state index in [1.54, 1.807) is 13.1 Å². The molecular weight excluding hydrogens is 420 g/mol. The molecule has 0 saturated carbocycles. The average molecular weight is 457 g/mol. The van der Waals surface area contributed by atoms with Crippen LogP contribution in [0.25, 0.3) is 0 Å². The zero-order valence-electron chi connectivity index (χ0n) is 20.5. The lowest BCUT2D eigenvalue weighted by Gasteiger charge is -2.29. The minimum Gasteiger partial charge on any atom is -0.340 e. The summed E-state index contributed by atoms with van der Waals surface area (Å²) in [4.78, 5) is 21.5. The van der Waals surface area contributed by atoms with Crippen LogP contribution in [0.3, 0.4) is 0 Å². The number of anilines is 3. The Labute approximate surface area is 203 Å². The largest absolute Gasteiger partial charge is 0.340 e. The van der Waals surface area contributed by atoms with Gasteiger partial charge in [0.1, 0.15) is 5.82 Å². The van der Waals surface area contributed by atoms with Gasteiger partial charge in [-0.3, -0.25) is 9.69 Å². The first kappa shape index (κ1) is 24.0. The van der Waals surface area contributed by atoms with E-state index in [4.69, 9.17) is 0 Å². The summed E-state index contributed by atoms with van der Waals surface area (Å²) in [7, 11) is 0. The smallest absolute Gasteiger partial charge is 0.223 e. The van der Waals surface area contributed by atoms with Crippen molar-refractivity contribution >= 4 is 23.1 Å². The lowest BCUT2D eigenvalue weighted by molar-refractivity contribution is -0.116. The van der Waals surface area contributed by atoms with Crippen molar-refractivity contribution in [1.82, 2.24) is 9.88 Å². The summed E-state index contributed by atoms with van der Waals surface area (Å²) < 4.78 is 0. The molecule has 1 aliphatic rings. The molecular formula is C29H36N4O. The Morgan fingerprint density at radius 2 is 1.76 bits per heavy atom. The highest BCUT2D eigenvalue weighted by atomic mass is 16.2. The molecule has 1 aliphatic heterocycles. The summed E-state index contributed by atoms with van der Waals surface area (Å²) in [6.45, 7) is 7.35. The number of carbonyl (C=O) groups excluding carboxylic acids is 1. The van der Waals surface area contributed by atoms with Gasteiger partial charge in [-0.2, -0.15) is 0 Å². The number of hydrogen-bond donors (Lipinski definition) is 1. The number of aryl methyl sites for hydroxylation is 1. The van der Waals surface area contributed by atoms with Crippen LogP contribution in [0.15, 0.2) is 66.9 Å². The zero-order chi connectivity index (χ0) is 23.8. The molecule has 0 fully saturated rings. The van der Waals surface area contributed by atoms with Gasteiger partial charge >= 0.3 is 0 Å². The number of nitrogens with one attached hydrogen (secondary N) is 1. The van der Waals surface area contributed by atoms with E-state index in [9.17, 15) is 4.79 Å². The Kier molecular flexibility index (Phi) is 8.31. The van der Waals surface area contributed by atoms with E-state index in [1.807, 2.05) is 23.1 Å². The molecule has 34 heavy (non-hydrogen) atoms. The molecule has 5 heteroatoms. The molecule has 4 rings (SSSR count). The van der Waals surface area contributed by atoms with Gasteiger partial charge < -0.3 is 10.2 Å². The number of aromatic nitrogens is 1. The maximum absolute atomic E-state index is 12.7. The van der Waals surface area contributed by atoms with Gasteiger partial charge in [0, 0.05) is 44.1 Å². The second-order valence-corrected chi connectivity index (χ2v) is 9.32. The fraction of sp³-hybridized carbons (Fsp3) is 0.379. The predicted molar refractivity (Wildman–Crippen MR) is 140 cm³/mol. The van der Waals surface area contributed by atoms with Crippen LogP contribution in [0.1, 0.15) is 55.7 Å². The summed E-state index contributed by atoms with van der Waals surface area (Å²) in [5.41, 5.74) is 5.80. The van der Waals surface area contributed by atoms with Crippen molar-refractivity contribution in [2.24, 2.45) is 0 Å². The minimum atomic E-state index is 0.106. The predicted octanol–water partition coefficient (Wildman–Crippen LogP) is 6.45. The number of carbonyl (C=O) groups is 1. The number of amides is 1. The molecule has 1 amide bonds. The second kappa shape index (κ2) is 11.8. The van der Waals surface area contributed by atoms with Crippen molar-refractivity contribution in [3.05, 3.63) is 83.6 Å². The van der Waals surface area contributed by atoms with Crippen molar-refractivity contribution in [1.29, 1.82) is 0 Å². The van der Waals surface area contributed by atoms with E-state index in [1.165, 1.54) is 36.0 Å². The third kappa shape index (κ3) is 6.67. The van der Waals surface area contributed by atoms with Gasteiger partial charge in [0.15, 0.2) is 0 Å². The molecule has 2 heterocycles. The first-order valence-corrected chi connectivity index (χ1v) is 12.5. The minimum absolute atomic E-state index is 0.106. The van der Waals surface area contributed by atoms with Crippen molar-refractivity contribution in [3.8, 4) is 0 Å². The lowest BCUT2D eigenvalue weighted by Crippen LogP contribution is -2.32. The van der Waals surface area contributed by atoms with Gasteiger partial charge in [0.25, 0.3) is 0 Å². The van der Waals surface area contributed by atoms with Gasteiger partial charge in [-0.1, -0.05) is 55.2 Å². The van der Waals surface area contributed by atoms with E-state index in [-0.39, 0.29) is 5.91 Å².